The molecule has 1 heterocycles. The van der Waals surface area contributed by atoms with Gasteiger partial charge in [0.25, 0.3) is 0 Å². The first-order valence-electron chi connectivity index (χ1n) is 7.01. The molecule has 1 N–H and O–H groups in total. The number of fused-ring (bicyclic) bond motifs is 1. The van der Waals surface area contributed by atoms with E-state index in [1.165, 1.54) is 0 Å². The van der Waals surface area contributed by atoms with Gasteiger partial charge in [-0.3, -0.25) is 14.9 Å². The van der Waals surface area contributed by atoms with Crippen molar-refractivity contribution in [3.8, 4) is 5.75 Å². The van der Waals surface area contributed by atoms with Crippen molar-refractivity contribution in [2.24, 2.45) is 5.92 Å². The number of rotatable bonds is 2. The summed E-state index contributed by atoms with van der Waals surface area (Å²) in [5.74, 6) is 0.0781. The van der Waals surface area contributed by atoms with Gasteiger partial charge in [-0.05, 0) is 17.0 Å². The van der Waals surface area contributed by atoms with Crippen molar-refractivity contribution in [1.29, 1.82) is 0 Å². The first-order valence-corrected chi connectivity index (χ1v) is 7.01. The Balaban J connectivity index is 2.16. The Kier molecular flexibility index (Phi) is 3.37. The number of hydrogen-bond acceptors (Lipinski definition) is 3. The normalized spacial score (nSPS) is 22.2. The molecule has 2 aromatic rings. The minimum Gasteiger partial charge on any atom is -0.496 e. The third kappa shape index (κ3) is 2.27. The molecule has 1 saturated heterocycles. The van der Waals surface area contributed by atoms with Crippen LogP contribution < -0.4 is 10.1 Å². The first-order chi connectivity index (χ1) is 10.1. The number of benzene rings is 2. The summed E-state index contributed by atoms with van der Waals surface area (Å²) < 4.78 is 5.39. The largest absolute Gasteiger partial charge is 0.496 e. The van der Waals surface area contributed by atoms with Gasteiger partial charge in [-0.15, -0.1) is 0 Å². The van der Waals surface area contributed by atoms with Crippen molar-refractivity contribution in [3.05, 3.63) is 42.0 Å². The number of carbonyl (C=O) groups excluding carboxylic acids is 2. The number of piperidine rings is 1. The fourth-order valence-corrected chi connectivity index (χ4v) is 3.04. The summed E-state index contributed by atoms with van der Waals surface area (Å²) in [6.07, 6.45) is 0.337. The molecular weight excluding hydrogens is 266 g/mol. The van der Waals surface area contributed by atoms with Gasteiger partial charge < -0.3 is 4.74 Å². The molecule has 2 aromatic carbocycles. The van der Waals surface area contributed by atoms with E-state index in [1.807, 2.05) is 43.3 Å². The molecule has 1 aliphatic rings. The smallest absolute Gasteiger partial charge is 0.230 e. The van der Waals surface area contributed by atoms with Gasteiger partial charge in [-0.2, -0.15) is 0 Å². The van der Waals surface area contributed by atoms with Crippen LogP contribution in [0.15, 0.2) is 36.4 Å². The highest BCUT2D eigenvalue weighted by atomic mass is 16.5. The number of carbonyl (C=O) groups is 2. The number of ether oxygens (including phenoxy) is 1. The fraction of sp³-hybridized carbons (Fsp3) is 0.294. The SMILES string of the molecule is COc1ccc(C2CC(=O)NC(=O)C2C)c2ccccc12. The van der Waals surface area contributed by atoms with Crippen molar-refractivity contribution in [2.75, 3.05) is 7.11 Å². The Morgan fingerprint density at radius 2 is 1.81 bits per heavy atom. The maximum atomic E-state index is 11.9. The van der Waals surface area contributed by atoms with E-state index >= 15 is 0 Å². The molecule has 2 unspecified atom stereocenters. The second-order valence-electron chi connectivity index (χ2n) is 5.41. The van der Waals surface area contributed by atoms with Crippen molar-refractivity contribution in [2.45, 2.75) is 19.3 Å². The third-order valence-corrected chi connectivity index (χ3v) is 4.22. The second kappa shape index (κ2) is 5.20. The molecule has 0 radical (unpaired) electrons. The van der Waals surface area contributed by atoms with Crippen LogP contribution in [0.1, 0.15) is 24.8 Å². The monoisotopic (exact) mass is 283 g/mol. The lowest BCUT2D eigenvalue weighted by molar-refractivity contribution is -0.136. The number of hydrogen-bond donors (Lipinski definition) is 1. The van der Waals surface area contributed by atoms with Crippen LogP contribution in [0, 0.1) is 5.92 Å². The summed E-state index contributed by atoms with van der Waals surface area (Å²) in [6, 6.07) is 11.8. The highest BCUT2D eigenvalue weighted by molar-refractivity contribution is 6.01. The van der Waals surface area contributed by atoms with Gasteiger partial charge >= 0.3 is 0 Å². The second-order valence-corrected chi connectivity index (χ2v) is 5.41. The van der Waals surface area contributed by atoms with Crippen LogP contribution in [-0.4, -0.2) is 18.9 Å². The zero-order valence-electron chi connectivity index (χ0n) is 12.1. The average molecular weight is 283 g/mol. The topological polar surface area (TPSA) is 55.4 Å². The van der Waals surface area contributed by atoms with Crippen LogP contribution in [0.4, 0.5) is 0 Å². The molecule has 2 amide bonds. The molecule has 0 saturated carbocycles. The van der Waals surface area contributed by atoms with Gasteiger partial charge in [-0.25, -0.2) is 0 Å². The lowest BCUT2D eigenvalue weighted by atomic mass is 9.79. The van der Waals surface area contributed by atoms with E-state index in [0.29, 0.717) is 6.42 Å². The highest BCUT2D eigenvalue weighted by Gasteiger charge is 2.34. The summed E-state index contributed by atoms with van der Waals surface area (Å²) >= 11 is 0. The summed E-state index contributed by atoms with van der Waals surface area (Å²) in [6.45, 7) is 1.87. The first kappa shape index (κ1) is 13.6. The molecule has 2 atom stereocenters. The minimum atomic E-state index is -0.223. The number of methoxy groups -OCH3 is 1. The fourth-order valence-electron chi connectivity index (χ4n) is 3.04. The van der Waals surface area contributed by atoms with Gasteiger partial charge in [0.2, 0.25) is 11.8 Å². The lowest BCUT2D eigenvalue weighted by Crippen LogP contribution is -2.43. The predicted molar refractivity (Wildman–Crippen MR) is 80.2 cm³/mol. The van der Waals surface area contributed by atoms with Crippen LogP contribution in [-0.2, 0) is 9.59 Å². The van der Waals surface area contributed by atoms with Gasteiger partial charge in [0, 0.05) is 23.6 Å². The molecule has 1 aliphatic heterocycles. The summed E-state index contributed by atoms with van der Waals surface area (Å²) in [5.41, 5.74) is 1.03. The molecule has 0 aliphatic carbocycles. The van der Waals surface area contributed by atoms with E-state index in [2.05, 4.69) is 5.32 Å². The van der Waals surface area contributed by atoms with Crippen molar-refractivity contribution >= 4 is 22.6 Å². The lowest BCUT2D eigenvalue weighted by Gasteiger charge is -2.28. The van der Waals surface area contributed by atoms with E-state index in [9.17, 15) is 9.59 Å². The zero-order chi connectivity index (χ0) is 15.0. The molecular formula is C17H17NO3. The Bertz CT molecular complexity index is 723. The number of nitrogens with one attached hydrogen (secondary N) is 1. The molecule has 3 rings (SSSR count). The van der Waals surface area contributed by atoms with Crippen molar-refractivity contribution in [1.82, 2.24) is 5.32 Å². The zero-order valence-corrected chi connectivity index (χ0v) is 12.1. The quantitative estimate of drug-likeness (QED) is 0.862. The van der Waals surface area contributed by atoms with E-state index < -0.39 is 0 Å². The average Bonchev–Trinajstić information content (AvgIpc) is 2.50. The maximum Gasteiger partial charge on any atom is 0.230 e. The van der Waals surface area contributed by atoms with Crippen LogP contribution in [0.5, 0.6) is 5.75 Å². The Hall–Kier alpha value is -2.36. The standard InChI is InChI=1S/C17H17NO3/c1-10-14(9-16(19)18-17(10)20)12-7-8-15(21-2)13-6-4-3-5-11(12)13/h3-8,10,14H,9H2,1-2H3,(H,18,19,20). The highest BCUT2D eigenvalue weighted by Crippen LogP contribution is 2.38. The summed E-state index contributed by atoms with van der Waals surface area (Å²) in [5, 5.41) is 4.44. The molecule has 4 nitrogen and oxygen atoms in total. The Labute approximate surface area is 123 Å². The van der Waals surface area contributed by atoms with Crippen molar-refractivity contribution < 1.29 is 14.3 Å². The Morgan fingerprint density at radius 1 is 1.10 bits per heavy atom. The molecule has 0 bridgehead atoms. The molecule has 4 heteroatoms. The molecule has 21 heavy (non-hydrogen) atoms. The summed E-state index contributed by atoms with van der Waals surface area (Å²) in [4.78, 5) is 23.6. The van der Waals surface area contributed by atoms with Crippen LogP contribution in [0.25, 0.3) is 10.8 Å². The van der Waals surface area contributed by atoms with E-state index in [4.69, 9.17) is 4.74 Å². The van der Waals surface area contributed by atoms with Gasteiger partial charge in [0.1, 0.15) is 5.75 Å². The van der Waals surface area contributed by atoms with E-state index in [-0.39, 0.29) is 23.7 Å². The molecule has 0 aromatic heterocycles. The number of amides is 2. The Morgan fingerprint density at radius 3 is 2.52 bits per heavy atom. The van der Waals surface area contributed by atoms with Crippen LogP contribution in [0.3, 0.4) is 0 Å². The third-order valence-electron chi connectivity index (χ3n) is 4.22. The van der Waals surface area contributed by atoms with Gasteiger partial charge in [0.05, 0.1) is 7.11 Å². The molecule has 0 spiro atoms. The van der Waals surface area contributed by atoms with Crippen molar-refractivity contribution in [3.63, 3.8) is 0 Å². The van der Waals surface area contributed by atoms with Crippen LogP contribution >= 0.6 is 0 Å². The molecule has 1 fully saturated rings. The number of imide groups is 1. The van der Waals surface area contributed by atoms with Crippen LogP contribution in [0.2, 0.25) is 0 Å². The van der Waals surface area contributed by atoms with E-state index in [1.54, 1.807) is 7.11 Å². The predicted octanol–water partition coefficient (Wildman–Crippen LogP) is 2.61. The summed E-state index contributed by atoms with van der Waals surface area (Å²) in [7, 11) is 1.64. The minimum absolute atomic E-state index is 0.0953. The van der Waals surface area contributed by atoms with Gasteiger partial charge in [-0.1, -0.05) is 37.3 Å². The molecule has 108 valence electrons. The van der Waals surface area contributed by atoms with E-state index in [0.717, 1.165) is 22.1 Å². The maximum absolute atomic E-state index is 11.9. The van der Waals surface area contributed by atoms with Gasteiger partial charge in [0.15, 0.2) is 0 Å².